The van der Waals surface area contributed by atoms with E-state index in [1.807, 2.05) is 37.3 Å². The number of ether oxygens (including phenoxy) is 2. The average Bonchev–Trinajstić information content (AvgIpc) is 2.84. The van der Waals surface area contributed by atoms with Crippen LogP contribution in [0.1, 0.15) is 58.4 Å². The summed E-state index contributed by atoms with van der Waals surface area (Å²) in [6.45, 7) is 5.78. The van der Waals surface area contributed by atoms with Crippen LogP contribution in [0.3, 0.4) is 0 Å². The number of methoxy groups -OCH3 is 1. The third-order valence-electron chi connectivity index (χ3n) is 6.20. The summed E-state index contributed by atoms with van der Waals surface area (Å²) >= 11 is 0. The van der Waals surface area contributed by atoms with Crippen LogP contribution < -0.4 is 16.0 Å². The van der Waals surface area contributed by atoms with E-state index in [-0.39, 0.29) is 37.7 Å². The van der Waals surface area contributed by atoms with Crippen LogP contribution >= 0.6 is 0 Å². The number of amides is 3. The predicted octanol–water partition coefficient (Wildman–Crippen LogP) is 1.88. The highest BCUT2D eigenvalue weighted by Gasteiger charge is 2.33. The fraction of sp³-hybridized carbons (Fsp3) is 0.615. The molecule has 1 aromatic carbocycles. The number of nitrogens with one attached hydrogen (secondary N) is 3. The highest BCUT2D eigenvalue weighted by atomic mass is 16.5. The molecule has 9 nitrogen and oxygen atoms in total. The first-order chi connectivity index (χ1) is 16.7. The van der Waals surface area contributed by atoms with Gasteiger partial charge in [-0.05, 0) is 24.8 Å². The molecular formula is C26H39N3O6. The molecule has 3 amide bonds. The van der Waals surface area contributed by atoms with Crippen molar-refractivity contribution in [2.24, 2.45) is 5.92 Å². The highest BCUT2D eigenvalue weighted by molar-refractivity contribution is 5.94. The molecule has 1 saturated heterocycles. The lowest BCUT2D eigenvalue weighted by Crippen LogP contribution is -2.55. The normalized spacial score (nSPS) is 25.1. The summed E-state index contributed by atoms with van der Waals surface area (Å²) in [5.41, 5.74) is 0.869. The minimum atomic E-state index is -0.952. The topological polar surface area (TPSA) is 123 Å². The Morgan fingerprint density at radius 2 is 1.74 bits per heavy atom. The van der Waals surface area contributed by atoms with Crippen LogP contribution in [0.2, 0.25) is 0 Å². The van der Waals surface area contributed by atoms with E-state index in [0.29, 0.717) is 0 Å². The second kappa shape index (κ2) is 14.5. The first kappa shape index (κ1) is 28.3. The Labute approximate surface area is 207 Å². The van der Waals surface area contributed by atoms with Crippen molar-refractivity contribution >= 4 is 23.7 Å². The van der Waals surface area contributed by atoms with E-state index in [1.165, 1.54) is 14.0 Å². The third-order valence-corrected chi connectivity index (χ3v) is 6.20. The molecule has 0 unspecified atom stereocenters. The summed E-state index contributed by atoms with van der Waals surface area (Å²) in [4.78, 5) is 51.9. The van der Waals surface area contributed by atoms with Crippen LogP contribution in [0.5, 0.6) is 0 Å². The van der Waals surface area contributed by atoms with Gasteiger partial charge in [0.1, 0.15) is 24.2 Å². The summed E-state index contributed by atoms with van der Waals surface area (Å²) in [5, 5.41) is 8.13. The van der Waals surface area contributed by atoms with E-state index in [2.05, 4.69) is 22.9 Å². The van der Waals surface area contributed by atoms with Crippen LogP contribution in [-0.2, 0) is 35.1 Å². The Morgan fingerprint density at radius 3 is 2.40 bits per heavy atom. The Balaban J connectivity index is 2.33. The summed E-state index contributed by atoms with van der Waals surface area (Å²) in [6.07, 6.45) is 2.39. The van der Waals surface area contributed by atoms with Gasteiger partial charge in [0, 0.05) is 26.6 Å². The Bertz CT molecular complexity index is 847. The molecular weight excluding hydrogens is 450 g/mol. The van der Waals surface area contributed by atoms with Crippen molar-refractivity contribution in [3.63, 3.8) is 0 Å². The molecule has 0 radical (unpaired) electrons. The van der Waals surface area contributed by atoms with Gasteiger partial charge < -0.3 is 25.4 Å². The largest absolute Gasteiger partial charge is 0.460 e. The first-order valence-corrected chi connectivity index (χ1v) is 12.4. The van der Waals surface area contributed by atoms with E-state index in [9.17, 15) is 19.2 Å². The van der Waals surface area contributed by atoms with Gasteiger partial charge in [-0.1, -0.05) is 57.0 Å². The fourth-order valence-electron chi connectivity index (χ4n) is 3.96. The van der Waals surface area contributed by atoms with Crippen LogP contribution in [0.25, 0.3) is 0 Å². The maximum atomic E-state index is 13.1. The molecule has 35 heavy (non-hydrogen) atoms. The summed E-state index contributed by atoms with van der Waals surface area (Å²) in [6, 6.07) is 6.57. The van der Waals surface area contributed by atoms with Gasteiger partial charge in [-0.2, -0.15) is 0 Å². The van der Waals surface area contributed by atoms with Crippen LogP contribution in [0.15, 0.2) is 30.3 Å². The number of benzene rings is 1. The van der Waals surface area contributed by atoms with Crippen molar-refractivity contribution in [1.82, 2.24) is 16.0 Å². The van der Waals surface area contributed by atoms with Crippen LogP contribution in [0, 0.1) is 5.92 Å². The zero-order chi connectivity index (χ0) is 25.8. The Kier molecular flexibility index (Phi) is 11.7. The smallest absolute Gasteiger partial charge is 0.329 e. The standard InChI is InChI=1S/C26H39N3O6/c1-5-6-10-17(2)22-16-23(30)28-21(15-19-11-8-7-9-12-19)25(32)27-18(3)24(31)29-20(13-14-34-4)26(33)35-22/h7-9,11-12,17-18,20-22H,5-6,10,13-16H2,1-4H3,(H,27,32)(H,28,30)(H,29,31)/t17-,18-,20-,21-,22-/m0/s1. The van der Waals surface area contributed by atoms with E-state index in [4.69, 9.17) is 9.47 Å². The SMILES string of the molecule is CCCC[C@H](C)[C@@H]1CC(=O)N[C@@H](Cc2ccccc2)C(=O)N[C@@H](C)C(=O)N[C@@H](CCOC)C(=O)O1. The van der Waals surface area contributed by atoms with Crippen molar-refractivity contribution in [2.45, 2.75) is 83.5 Å². The Hall–Kier alpha value is -2.94. The molecule has 194 valence electrons. The molecule has 0 aromatic heterocycles. The molecule has 1 aromatic rings. The van der Waals surface area contributed by atoms with Crippen molar-refractivity contribution in [3.8, 4) is 0 Å². The molecule has 9 heteroatoms. The summed E-state index contributed by atoms with van der Waals surface area (Å²) < 4.78 is 10.9. The van der Waals surface area contributed by atoms with Crippen molar-refractivity contribution in [3.05, 3.63) is 35.9 Å². The van der Waals surface area contributed by atoms with E-state index in [0.717, 1.165) is 24.8 Å². The second-order valence-corrected chi connectivity index (χ2v) is 9.18. The Morgan fingerprint density at radius 1 is 1.03 bits per heavy atom. The number of rotatable bonds is 9. The first-order valence-electron chi connectivity index (χ1n) is 12.4. The number of carbonyl (C=O) groups excluding carboxylic acids is 4. The van der Waals surface area contributed by atoms with Gasteiger partial charge in [0.05, 0.1) is 6.42 Å². The van der Waals surface area contributed by atoms with Crippen molar-refractivity contribution in [2.75, 3.05) is 13.7 Å². The lowest BCUT2D eigenvalue weighted by atomic mass is 9.95. The van der Waals surface area contributed by atoms with Gasteiger partial charge in [0.25, 0.3) is 0 Å². The second-order valence-electron chi connectivity index (χ2n) is 9.18. The molecule has 0 spiro atoms. The molecule has 1 aliphatic rings. The highest BCUT2D eigenvalue weighted by Crippen LogP contribution is 2.20. The van der Waals surface area contributed by atoms with Gasteiger partial charge in [-0.15, -0.1) is 0 Å². The maximum absolute atomic E-state index is 13.1. The van der Waals surface area contributed by atoms with Crippen molar-refractivity contribution in [1.29, 1.82) is 0 Å². The zero-order valence-electron chi connectivity index (χ0n) is 21.2. The minimum absolute atomic E-state index is 0.0737. The fourth-order valence-corrected chi connectivity index (χ4v) is 3.96. The van der Waals surface area contributed by atoms with E-state index < -0.39 is 42.0 Å². The molecule has 0 bridgehead atoms. The lowest BCUT2D eigenvalue weighted by molar-refractivity contribution is -0.157. The molecule has 3 N–H and O–H groups in total. The zero-order valence-corrected chi connectivity index (χ0v) is 21.2. The van der Waals surface area contributed by atoms with Gasteiger partial charge in [-0.25, -0.2) is 4.79 Å². The third kappa shape index (κ3) is 9.32. The molecule has 5 atom stereocenters. The summed E-state index contributed by atoms with van der Waals surface area (Å²) in [5.74, 6) is -2.07. The number of hydrogen-bond donors (Lipinski definition) is 3. The van der Waals surface area contributed by atoms with E-state index in [1.54, 1.807) is 0 Å². The van der Waals surface area contributed by atoms with Crippen LogP contribution in [-0.4, -0.2) is 61.6 Å². The van der Waals surface area contributed by atoms with Gasteiger partial charge >= 0.3 is 5.97 Å². The molecule has 0 saturated carbocycles. The quantitative estimate of drug-likeness (QED) is 0.455. The number of esters is 1. The minimum Gasteiger partial charge on any atom is -0.460 e. The number of cyclic esters (lactones) is 1. The molecule has 1 heterocycles. The molecule has 1 aliphatic heterocycles. The van der Waals surface area contributed by atoms with Gasteiger partial charge in [0.15, 0.2) is 0 Å². The van der Waals surface area contributed by atoms with Crippen LogP contribution in [0.4, 0.5) is 0 Å². The van der Waals surface area contributed by atoms with Gasteiger partial charge in [0.2, 0.25) is 17.7 Å². The summed E-state index contributed by atoms with van der Waals surface area (Å²) in [7, 11) is 1.50. The molecule has 0 aliphatic carbocycles. The number of carbonyl (C=O) groups is 4. The maximum Gasteiger partial charge on any atom is 0.329 e. The van der Waals surface area contributed by atoms with Gasteiger partial charge in [-0.3, -0.25) is 14.4 Å². The molecule has 1 fully saturated rings. The number of hydrogen-bond acceptors (Lipinski definition) is 6. The number of unbranched alkanes of at least 4 members (excludes halogenated alkanes) is 1. The predicted molar refractivity (Wildman–Crippen MR) is 131 cm³/mol. The van der Waals surface area contributed by atoms with E-state index >= 15 is 0 Å². The monoisotopic (exact) mass is 489 g/mol. The molecule has 2 rings (SSSR count). The average molecular weight is 490 g/mol. The lowest BCUT2D eigenvalue weighted by Gasteiger charge is -2.27. The van der Waals surface area contributed by atoms with Crippen molar-refractivity contribution < 1.29 is 28.7 Å².